The predicted octanol–water partition coefficient (Wildman–Crippen LogP) is 3.72. The van der Waals surface area contributed by atoms with E-state index in [0.717, 1.165) is 73.7 Å². The summed E-state index contributed by atoms with van der Waals surface area (Å²) in [7, 11) is 0. The second-order valence-electron chi connectivity index (χ2n) is 9.07. The average Bonchev–Trinajstić information content (AvgIpc) is 3.25. The molecule has 0 spiro atoms. The van der Waals surface area contributed by atoms with Crippen LogP contribution in [0.3, 0.4) is 0 Å². The largest absolute Gasteiger partial charge is 0.376 e. The van der Waals surface area contributed by atoms with Gasteiger partial charge in [-0.25, -0.2) is 9.97 Å². The van der Waals surface area contributed by atoms with E-state index in [1.54, 1.807) is 0 Å². The van der Waals surface area contributed by atoms with Gasteiger partial charge in [-0.05, 0) is 64.7 Å². The zero-order valence-electron chi connectivity index (χ0n) is 19.1. The van der Waals surface area contributed by atoms with Gasteiger partial charge in [0.1, 0.15) is 12.4 Å². The van der Waals surface area contributed by atoms with Crippen LogP contribution < -0.4 is 5.32 Å². The Hall–Kier alpha value is -2.32. The van der Waals surface area contributed by atoms with Gasteiger partial charge in [0.25, 0.3) is 0 Å². The maximum Gasteiger partial charge on any atom is 0.246 e. The normalized spacial score (nSPS) is 23.8. The highest BCUT2D eigenvalue weighted by atomic mass is 16.5. The number of carbonyl (C=O) groups is 1. The Balaban J connectivity index is 1.22. The molecule has 8 nitrogen and oxygen atoms in total. The van der Waals surface area contributed by atoms with E-state index in [0.29, 0.717) is 25.0 Å². The highest BCUT2D eigenvalue weighted by molar-refractivity contribution is 5.77. The molecule has 174 valence electrons. The molecule has 2 aromatic rings. The number of ether oxygens (including phenoxy) is 2. The summed E-state index contributed by atoms with van der Waals surface area (Å²) < 4.78 is 16.7. The minimum Gasteiger partial charge on any atom is -0.376 e. The molecule has 0 radical (unpaired) electrons. The fourth-order valence-corrected chi connectivity index (χ4v) is 4.65. The first-order valence-corrected chi connectivity index (χ1v) is 11.8. The number of amides is 1. The zero-order chi connectivity index (χ0) is 22.3. The Kier molecular flexibility index (Phi) is 7.86. The molecule has 32 heavy (non-hydrogen) atoms. The van der Waals surface area contributed by atoms with Crippen molar-refractivity contribution in [3.05, 3.63) is 29.5 Å². The van der Waals surface area contributed by atoms with Crippen LogP contribution in [0.15, 0.2) is 16.8 Å². The Labute approximate surface area is 189 Å². The van der Waals surface area contributed by atoms with E-state index >= 15 is 0 Å². The lowest BCUT2D eigenvalue weighted by Gasteiger charge is -2.29. The Bertz CT molecular complexity index is 886. The fraction of sp³-hybridized carbons (Fsp3) is 0.667. The molecule has 0 bridgehead atoms. The summed E-state index contributed by atoms with van der Waals surface area (Å²) in [4.78, 5) is 21.3. The van der Waals surface area contributed by atoms with E-state index in [1.165, 1.54) is 6.42 Å². The van der Waals surface area contributed by atoms with Crippen molar-refractivity contribution >= 4 is 5.91 Å². The number of aromatic nitrogens is 3. The van der Waals surface area contributed by atoms with Crippen molar-refractivity contribution in [1.29, 1.82) is 0 Å². The van der Waals surface area contributed by atoms with Crippen LogP contribution in [0.1, 0.15) is 68.1 Å². The molecule has 1 saturated carbocycles. The molecule has 1 aliphatic heterocycles. The monoisotopic (exact) mass is 442 g/mol. The van der Waals surface area contributed by atoms with Gasteiger partial charge in [0.2, 0.25) is 5.91 Å². The molecule has 1 unspecified atom stereocenters. The van der Waals surface area contributed by atoms with Gasteiger partial charge in [-0.2, -0.15) is 0 Å². The smallest absolute Gasteiger partial charge is 0.246 e. The van der Waals surface area contributed by atoms with E-state index < -0.39 is 0 Å². The van der Waals surface area contributed by atoms with Crippen LogP contribution in [0.4, 0.5) is 0 Å². The van der Waals surface area contributed by atoms with Crippen LogP contribution in [-0.2, 0) is 14.3 Å². The lowest BCUT2D eigenvalue weighted by Crippen LogP contribution is -2.34. The first kappa shape index (κ1) is 22.9. The summed E-state index contributed by atoms with van der Waals surface area (Å²) in [6, 6.07) is 1.93. The van der Waals surface area contributed by atoms with Crippen molar-refractivity contribution < 1.29 is 18.8 Å². The molecule has 2 aliphatic rings. The molecule has 1 N–H and O–H groups in total. The van der Waals surface area contributed by atoms with Crippen molar-refractivity contribution in [3.63, 3.8) is 0 Å². The first-order valence-electron chi connectivity index (χ1n) is 11.8. The van der Waals surface area contributed by atoms with Crippen LogP contribution in [0.25, 0.3) is 11.3 Å². The van der Waals surface area contributed by atoms with Gasteiger partial charge >= 0.3 is 0 Å². The van der Waals surface area contributed by atoms with Gasteiger partial charge < -0.3 is 19.3 Å². The Morgan fingerprint density at radius 2 is 2.03 bits per heavy atom. The summed E-state index contributed by atoms with van der Waals surface area (Å²) in [6.45, 7) is 5.95. The standard InChI is InChI=1S/C24H34N4O4/c1-16-11-22(32-28-16)21-13-25-17(2)27-24(21)19-8-6-18(7-9-19)12-26-23(29)15-30-14-20-5-3-4-10-31-20/h11,13,18-20H,3-10,12,14-15H2,1-2H3,(H,26,29). The number of rotatable bonds is 8. The molecule has 3 heterocycles. The Morgan fingerprint density at radius 3 is 2.75 bits per heavy atom. The quantitative estimate of drug-likeness (QED) is 0.665. The van der Waals surface area contributed by atoms with Gasteiger partial charge in [0.15, 0.2) is 5.76 Å². The second kappa shape index (κ2) is 11.0. The minimum absolute atomic E-state index is 0.0441. The number of hydrogen-bond donors (Lipinski definition) is 1. The Morgan fingerprint density at radius 1 is 1.19 bits per heavy atom. The van der Waals surface area contributed by atoms with E-state index in [1.807, 2.05) is 26.1 Å². The maximum absolute atomic E-state index is 12.1. The lowest BCUT2D eigenvalue weighted by atomic mass is 9.79. The van der Waals surface area contributed by atoms with E-state index in [4.69, 9.17) is 19.0 Å². The predicted molar refractivity (Wildman–Crippen MR) is 119 cm³/mol. The van der Waals surface area contributed by atoms with E-state index in [2.05, 4.69) is 15.5 Å². The number of nitrogens with one attached hydrogen (secondary N) is 1. The number of nitrogens with zero attached hydrogens (tertiary/aromatic N) is 3. The van der Waals surface area contributed by atoms with Crippen molar-refractivity contribution in [2.75, 3.05) is 26.4 Å². The van der Waals surface area contributed by atoms with Crippen LogP contribution >= 0.6 is 0 Å². The molecular formula is C24H34N4O4. The molecule has 2 aromatic heterocycles. The molecule has 1 aliphatic carbocycles. The number of carbonyl (C=O) groups excluding carboxylic acids is 1. The summed E-state index contributed by atoms with van der Waals surface area (Å²) in [5.41, 5.74) is 2.84. The van der Waals surface area contributed by atoms with Crippen LogP contribution in [0.2, 0.25) is 0 Å². The fourth-order valence-electron chi connectivity index (χ4n) is 4.65. The third kappa shape index (κ3) is 6.13. The minimum atomic E-state index is -0.0441. The van der Waals surface area contributed by atoms with Gasteiger partial charge in [-0.3, -0.25) is 4.79 Å². The van der Waals surface area contributed by atoms with Crippen molar-refractivity contribution in [3.8, 4) is 11.3 Å². The van der Waals surface area contributed by atoms with Gasteiger partial charge in [0.05, 0.1) is 29.7 Å². The molecule has 2 fully saturated rings. The van der Waals surface area contributed by atoms with Gasteiger partial charge in [-0.1, -0.05) is 5.16 Å². The van der Waals surface area contributed by atoms with Gasteiger partial charge in [-0.15, -0.1) is 0 Å². The van der Waals surface area contributed by atoms with Gasteiger partial charge in [0, 0.05) is 31.3 Å². The molecular weight excluding hydrogens is 408 g/mol. The summed E-state index contributed by atoms with van der Waals surface area (Å²) in [6.07, 6.45) is 9.49. The highest BCUT2D eigenvalue weighted by Gasteiger charge is 2.27. The third-order valence-electron chi connectivity index (χ3n) is 6.46. The SMILES string of the molecule is Cc1cc(-c2cnc(C)nc2C2CCC(CNC(=O)COCC3CCCCO3)CC2)on1. The molecule has 4 rings (SSSR count). The van der Waals surface area contributed by atoms with Crippen molar-refractivity contribution in [2.24, 2.45) is 5.92 Å². The summed E-state index contributed by atoms with van der Waals surface area (Å²) in [5.74, 6) is 2.30. The van der Waals surface area contributed by atoms with E-state index in [9.17, 15) is 4.79 Å². The number of hydrogen-bond acceptors (Lipinski definition) is 7. The van der Waals surface area contributed by atoms with Crippen LogP contribution in [0.5, 0.6) is 0 Å². The topological polar surface area (TPSA) is 99.4 Å². The lowest BCUT2D eigenvalue weighted by molar-refractivity contribution is -0.128. The molecule has 8 heteroatoms. The molecule has 1 amide bonds. The molecule has 1 atom stereocenters. The van der Waals surface area contributed by atoms with Crippen molar-refractivity contribution in [1.82, 2.24) is 20.4 Å². The van der Waals surface area contributed by atoms with Crippen LogP contribution in [0, 0.1) is 19.8 Å². The second-order valence-corrected chi connectivity index (χ2v) is 9.07. The highest BCUT2D eigenvalue weighted by Crippen LogP contribution is 2.38. The molecule has 0 aromatic carbocycles. The zero-order valence-corrected chi connectivity index (χ0v) is 19.1. The maximum atomic E-state index is 12.1. The number of aryl methyl sites for hydroxylation is 2. The average molecular weight is 443 g/mol. The first-order chi connectivity index (χ1) is 15.6. The van der Waals surface area contributed by atoms with Crippen molar-refractivity contribution in [2.45, 2.75) is 70.8 Å². The molecule has 1 saturated heterocycles. The third-order valence-corrected chi connectivity index (χ3v) is 6.46. The summed E-state index contributed by atoms with van der Waals surface area (Å²) >= 11 is 0. The van der Waals surface area contributed by atoms with Crippen LogP contribution in [-0.4, -0.2) is 53.5 Å². The van der Waals surface area contributed by atoms with E-state index in [-0.39, 0.29) is 18.6 Å². The summed E-state index contributed by atoms with van der Waals surface area (Å²) in [5, 5.41) is 7.05.